The van der Waals surface area contributed by atoms with Crippen molar-refractivity contribution in [2.24, 2.45) is 0 Å². The van der Waals surface area contributed by atoms with Gasteiger partial charge < -0.3 is 0 Å². The van der Waals surface area contributed by atoms with Crippen molar-refractivity contribution in [1.29, 1.82) is 0 Å². The van der Waals surface area contributed by atoms with Gasteiger partial charge in [0.2, 0.25) is 0 Å². The molecule has 0 aliphatic heterocycles. The number of allylic oxidation sites excluding steroid dienone is 1. The van der Waals surface area contributed by atoms with Crippen LogP contribution in [0.2, 0.25) is 11.1 Å². The number of hydrogen-bond donors (Lipinski definition) is 0. The lowest BCUT2D eigenvalue weighted by Crippen LogP contribution is -2.29. The maximum atomic E-state index is 4.06. The van der Waals surface area contributed by atoms with E-state index < -0.39 is 8.80 Å². The van der Waals surface area contributed by atoms with Crippen LogP contribution in [-0.2, 0) is 0 Å². The molecular formula is C15H24Si. The molecule has 0 amide bonds. The lowest BCUT2D eigenvalue weighted by atomic mass is 10.1. The van der Waals surface area contributed by atoms with Crippen molar-refractivity contribution in [2.45, 2.75) is 44.3 Å². The van der Waals surface area contributed by atoms with E-state index in [1.807, 2.05) is 0 Å². The van der Waals surface area contributed by atoms with E-state index in [1.54, 1.807) is 0 Å². The lowest BCUT2D eigenvalue weighted by Gasteiger charge is -2.30. The highest BCUT2D eigenvalue weighted by atomic mass is 28.3. The topological polar surface area (TPSA) is 0 Å². The minimum atomic E-state index is -0.840. The van der Waals surface area contributed by atoms with Crippen LogP contribution in [0.4, 0.5) is 0 Å². The van der Waals surface area contributed by atoms with Crippen LogP contribution in [-0.4, -0.2) is 8.80 Å². The molecule has 1 aromatic rings. The van der Waals surface area contributed by atoms with E-state index in [0.717, 1.165) is 11.1 Å². The van der Waals surface area contributed by atoms with E-state index in [-0.39, 0.29) is 0 Å². The van der Waals surface area contributed by atoms with Gasteiger partial charge in [-0.2, -0.15) is 0 Å². The molecule has 1 heteroatoms. The molecule has 88 valence electrons. The van der Waals surface area contributed by atoms with Gasteiger partial charge >= 0.3 is 0 Å². The van der Waals surface area contributed by atoms with Gasteiger partial charge in [0.15, 0.2) is 0 Å². The molecule has 1 atom stereocenters. The highest BCUT2D eigenvalue weighted by Crippen LogP contribution is 2.33. The predicted molar refractivity (Wildman–Crippen MR) is 76.7 cm³/mol. The Hall–Kier alpha value is -0.823. The fourth-order valence-corrected chi connectivity index (χ4v) is 6.97. The van der Waals surface area contributed by atoms with Crippen molar-refractivity contribution >= 4 is 8.80 Å². The molecule has 0 spiro atoms. The van der Waals surface area contributed by atoms with Gasteiger partial charge in [0.05, 0.1) is 8.80 Å². The van der Waals surface area contributed by atoms with Crippen LogP contribution in [0.3, 0.4) is 0 Å². The maximum absolute atomic E-state index is 4.06. The zero-order chi connectivity index (χ0) is 12.1. The molecule has 1 aromatic carbocycles. The molecule has 0 saturated carbocycles. The molecule has 0 N–H and O–H groups in total. The molecule has 1 rings (SSSR count). The summed E-state index contributed by atoms with van der Waals surface area (Å²) in [6, 6.07) is 10.9. The Morgan fingerprint density at radius 2 is 1.50 bits per heavy atom. The smallest absolute Gasteiger partial charge is 0.0547 e. The standard InChI is InChI=1S/C15H24Si/c1-6-15(14-10-8-7-9-11-14)16(12(2)3)13(4)5/h6-13,15-16H,1H2,2-5H3. The molecule has 0 fully saturated rings. The van der Waals surface area contributed by atoms with Crippen LogP contribution in [0.25, 0.3) is 0 Å². The van der Waals surface area contributed by atoms with E-state index in [1.165, 1.54) is 5.56 Å². The second-order valence-electron chi connectivity index (χ2n) is 5.24. The van der Waals surface area contributed by atoms with Crippen molar-refractivity contribution in [3.8, 4) is 0 Å². The minimum Gasteiger partial charge on any atom is -0.103 e. The molecule has 0 aliphatic carbocycles. The monoisotopic (exact) mass is 232 g/mol. The van der Waals surface area contributed by atoms with Crippen molar-refractivity contribution in [3.63, 3.8) is 0 Å². The Labute approximate surface area is 102 Å². The van der Waals surface area contributed by atoms with Crippen LogP contribution >= 0.6 is 0 Å². The summed E-state index contributed by atoms with van der Waals surface area (Å²) in [4.78, 5) is 0. The zero-order valence-corrected chi connectivity index (χ0v) is 12.1. The van der Waals surface area contributed by atoms with E-state index in [2.05, 4.69) is 70.7 Å². The number of rotatable bonds is 5. The maximum Gasteiger partial charge on any atom is 0.0547 e. The second kappa shape index (κ2) is 6.05. The van der Waals surface area contributed by atoms with Gasteiger partial charge in [-0.3, -0.25) is 0 Å². The molecular weight excluding hydrogens is 208 g/mol. The van der Waals surface area contributed by atoms with Gasteiger partial charge in [-0.15, -0.1) is 6.58 Å². The summed E-state index contributed by atoms with van der Waals surface area (Å²) in [5, 5.41) is 0. The van der Waals surface area contributed by atoms with Gasteiger partial charge in [-0.05, 0) is 11.1 Å². The third kappa shape index (κ3) is 3.08. The van der Waals surface area contributed by atoms with Crippen LogP contribution in [0.1, 0.15) is 38.8 Å². The number of benzene rings is 1. The quantitative estimate of drug-likeness (QED) is 0.516. The summed E-state index contributed by atoms with van der Waals surface area (Å²) in [5.41, 5.74) is 3.71. The fourth-order valence-electron chi connectivity index (χ4n) is 2.79. The Kier molecular flexibility index (Phi) is 5.00. The molecule has 0 bridgehead atoms. The van der Waals surface area contributed by atoms with Crippen LogP contribution in [0, 0.1) is 0 Å². The average Bonchev–Trinajstić information content (AvgIpc) is 2.25. The van der Waals surface area contributed by atoms with Crippen molar-refractivity contribution < 1.29 is 0 Å². The van der Waals surface area contributed by atoms with Gasteiger partial charge in [-0.1, -0.05) is 75.2 Å². The Morgan fingerprint density at radius 1 is 1.00 bits per heavy atom. The SMILES string of the molecule is C=CC(c1ccccc1)[SiH](C(C)C)C(C)C. The van der Waals surface area contributed by atoms with Crippen LogP contribution < -0.4 is 0 Å². The molecule has 0 aliphatic rings. The zero-order valence-electron chi connectivity index (χ0n) is 11.0. The summed E-state index contributed by atoms with van der Waals surface area (Å²) in [6.45, 7) is 13.5. The van der Waals surface area contributed by atoms with Gasteiger partial charge in [0, 0.05) is 0 Å². The number of hydrogen-bond acceptors (Lipinski definition) is 0. The molecule has 0 heterocycles. The predicted octanol–water partition coefficient (Wildman–Crippen LogP) is 4.54. The van der Waals surface area contributed by atoms with E-state index in [9.17, 15) is 0 Å². The average molecular weight is 232 g/mol. The molecule has 0 radical (unpaired) electrons. The first-order valence-electron chi connectivity index (χ1n) is 6.25. The summed E-state index contributed by atoms with van der Waals surface area (Å²) < 4.78 is 0. The van der Waals surface area contributed by atoms with E-state index >= 15 is 0 Å². The first-order chi connectivity index (χ1) is 7.57. The first kappa shape index (κ1) is 13.2. The van der Waals surface area contributed by atoms with Gasteiger partial charge in [0.25, 0.3) is 0 Å². The Morgan fingerprint density at radius 3 is 1.88 bits per heavy atom. The fraction of sp³-hybridized carbons (Fsp3) is 0.467. The van der Waals surface area contributed by atoms with Gasteiger partial charge in [0.1, 0.15) is 0 Å². The first-order valence-corrected chi connectivity index (χ1v) is 8.25. The third-order valence-corrected chi connectivity index (χ3v) is 7.96. The summed E-state index contributed by atoms with van der Waals surface area (Å²) in [5.74, 6) is 0. The molecule has 16 heavy (non-hydrogen) atoms. The second-order valence-corrected chi connectivity index (χ2v) is 9.78. The third-order valence-electron chi connectivity index (χ3n) is 3.39. The van der Waals surface area contributed by atoms with Crippen molar-refractivity contribution in [3.05, 3.63) is 48.6 Å². The molecule has 0 saturated heterocycles. The minimum absolute atomic E-state index is 0.612. The summed E-state index contributed by atoms with van der Waals surface area (Å²) >= 11 is 0. The van der Waals surface area contributed by atoms with Crippen molar-refractivity contribution in [2.75, 3.05) is 0 Å². The highest BCUT2D eigenvalue weighted by molar-refractivity contribution is 6.63. The van der Waals surface area contributed by atoms with Crippen LogP contribution in [0.15, 0.2) is 43.0 Å². The van der Waals surface area contributed by atoms with Crippen LogP contribution in [0.5, 0.6) is 0 Å². The highest BCUT2D eigenvalue weighted by Gasteiger charge is 2.27. The molecule has 1 unspecified atom stereocenters. The molecule has 0 nitrogen and oxygen atoms in total. The largest absolute Gasteiger partial charge is 0.103 e. The van der Waals surface area contributed by atoms with Crippen molar-refractivity contribution in [1.82, 2.24) is 0 Å². The van der Waals surface area contributed by atoms with E-state index in [4.69, 9.17) is 0 Å². The summed E-state index contributed by atoms with van der Waals surface area (Å²) in [7, 11) is -0.840. The van der Waals surface area contributed by atoms with E-state index in [0.29, 0.717) is 5.54 Å². The Bertz CT molecular complexity index is 305. The Balaban J connectivity index is 3.00. The lowest BCUT2D eigenvalue weighted by molar-refractivity contribution is 0.893. The van der Waals surface area contributed by atoms with Gasteiger partial charge in [-0.25, -0.2) is 0 Å². The summed E-state index contributed by atoms with van der Waals surface area (Å²) in [6.07, 6.45) is 2.17. The normalized spacial score (nSPS) is 13.4. The molecule has 0 aromatic heterocycles.